The summed E-state index contributed by atoms with van der Waals surface area (Å²) < 4.78 is 27.5. The molecule has 1 aromatic carbocycles. The molecule has 0 unspecified atom stereocenters. The molecule has 1 heterocycles. The molecule has 0 bridgehead atoms. The van der Waals surface area contributed by atoms with Gasteiger partial charge in [-0.1, -0.05) is 24.3 Å². The summed E-state index contributed by atoms with van der Waals surface area (Å²) >= 11 is 0. The fourth-order valence-corrected chi connectivity index (χ4v) is 3.89. The molecule has 0 fully saturated rings. The van der Waals surface area contributed by atoms with Gasteiger partial charge in [0.1, 0.15) is 5.54 Å². The van der Waals surface area contributed by atoms with E-state index in [1.807, 2.05) is 24.3 Å². The van der Waals surface area contributed by atoms with Crippen LogP contribution in [-0.4, -0.2) is 47.2 Å². The van der Waals surface area contributed by atoms with Crippen molar-refractivity contribution >= 4 is 16.2 Å². The van der Waals surface area contributed by atoms with E-state index >= 15 is 0 Å². The van der Waals surface area contributed by atoms with Gasteiger partial charge in [-0.3, -0.25) is 4.79 Å². The lowest BCUT2D eigenvalue weighted by Crippen LogP contribution is -2.55. The number of carboxylic acids is 1. The van der Waals surface area contributed by atoms with Crippen molar-refractivity contribution in [3.05, 3.63) is 35.4 Å². The molecule has 1 aliphatic rings. The number of carboxylic acid groups (broad SMARTS) is 1. The van der Waals surface area contributed by atoms with Crippen molar-refractivity contribution < 1.29 is 18.3 Å². The van der Waals surface area contributed by atoms with Gasteiger partial charge in [0.15, 0.2) is 0 Å². The molecule has 0 saturated heterocycles. The van der Waals surface area contributed by atoms with Gasteiger partial charge < -0.3 is 5.11 Å². The average Bonchev–Trinajstić information content (AvgIpc) is 2.45. The Kier molecular flexibility index (Phi) is 4.10. The van der Waals surface area contributed by atoms with Gasteiger partial charge in [-0.15, -0.1) is 0 Å². The maximum atomic E-state index is 12.6. The molecule has 1 N–H and O–H groups in total. The van der Waals surface area contributed by atoms with E-state index in [-0.39, 0.29) is 6.54 Å². The zero-order valence-electron chi connectivity index (χ0n) is 12.4. The number of rotatable bonds is 4. The Morgan fingerprint density at radius 1 is 1.29 bits per heavy atom. The Labute approximate surface area is 125 Å². The van der Waals surface area contributed by atoms with Crippen LogP contribution in [0.4, 0.5) is 0 Å². The third-order valence-electron chi connectivity index (χ3n) is 4.08. The lowest BCUT2D eigenvalue weighted by molar-refractivity contribution is -0.146. The Hall–Kier alpha value is -1.44. The van der Waals surface area contributed by atoms with E-state index < -0.39 is 21.7 Å². The van der Waals surface area contributed by atoms with Crippen molar-refractivity contribution in [3.63, 3.8) is 0 Å². The molecule has 116 valence electrons. The van der Waals surface area contributed by atoms with Crippen LogP contribution in [0.2, 0.25) is 0 Å². The number of nitrogens with zero attached hydrogens (tertiary/aromatic N) is 2. The highest BCUT2D eigenvalue weighted by molar-refractivity contribution is 7.86. The van der Waals surface area contributed by atoms with Gasteiger partial charge in [0.2, 0.25) is 0 Å². The molecule has 0 amide bonds. The molecule has 1 aromatic rings. The predicted molar refractivity (Wildman–Crippen MR) is 79.0 cm³/mol. The summed E-state index contributed by atoms with van der Waals surface area (Å²) in [6, 6.07) is 7.70. The van der Waals surface area contributed by atoms with Crippen LogP contribution >= 0.6 is 0 Å². The largest absolute Gasteiger partial charge is 0.480 e. The van der Waals surface area contributed by atoms with Crippen molar-refractivity contribution in [2.75, 3.05) is 13.6 Å². The first-order valence-corrected chi connectivity index (χ1v) is 8.11. The van der Waals surface area contributed by atoms with Gasteiger partial charge in [0.05, 0.1) is 0 Å². The Bertz CT molecular complexity index is 655. The molecule has 7 heteroatoms. The normalized spacial score (nSPS) is 16.8. The first-order valence-electron chi connectivity index (χ1n) is 6.71. The van der Waals surface area contributed by atoms with E-state index in [1.54, 1.807) is 0 Å². The van der Waals surface area contributed by atoms with Gasteiger partial charge in [-0.05, 0) is 31.4 Å². The van der Waals surface area contributed by atoms with E-state index in [4.69, 9.17) is 0 Å². The molecule has 6 nitrogen and oxygen atoms in total. The predicted octanol–water partition coefficient (Wildman–Crippen LogP) is 1.08. The second kappa shape index (κ2) is 5.40. The molecule has 0 aromatic heterocycles. The fraction of sp³-hybridized carbons (Fsp3) is 0.500. The molecule has 2 rings (SSSR count). The van der Waals surface area contributed by atoms with Crippen molar-refractivity contribution in [2.24, 2.45) is 0 Å². The van der Waals surface area contributed by atoms with Crippen LogP contribution in [0.3, 0.4) is 0 Å². The summed E-state index contributed by atoms with van der Waals surface area (Å²) in [4.78, 5) is 11.3. The van der Waals surface area contributed by atoms with E-state index in [2.05, 4.69) is 0 Å². The fourth-order valence-electron chi connectivity index (χ4n) is 2.26. The van der Waals surface area contributed by atoms with Gasteiger partial charge in [-0.25, -0.2) is 0 Å². The highest BCUT2D eigenvalue weighted by Gasteiger charge is 2.42. The number of hydrogen-bond acceptors (Lipinski definition) is 3. The highest BCUT2D eigenvalue weighted by atomic mass is 32.2. The zero-order valence-corrected chi connectivity index (χ0v) is 13.2. The summed E-state index contributed by atoms with van der Waals surface area (Å²) in [5, 5.41) is 9.21. The number of fused-ring (bicyclic) bond motifs is 1. The third-order valence-corrected chi connectivity index (χ3v) is 6.19. The first kappa shape index (κ1) is 15.9. The van der Waals surface area contributed by atoms with Gasteiger partial charge >= 0.3 is 5.97 Å². The maximum Gasteiger partial charge on any atom is 0.324 e. The van der Waals surface area contributed by atoms with E-state index in [9.17, 15) is 18.3 Å². The van der Waals surface area contributed by atoms with Crippen LogP contribution in [0.15, 0.2) is 24.3 Å². The van der Waals surface area contributed by atoms with Crippen LogP contribution < -0.4 is 0 Å². The molecular weight excluding hydrogens is 292 g/mol. The molecular formula is C14H20N2O4S. The quantitative estimate of drug-likeness (QED) is 0.902. The van der Waals surface area contributed by atoms with Gasteiger partial charge in [0.25, 0.3) is 10.2 Å². The SMILES string of the molecule is CN(C(C)(C)C(=O)O)S(=O)(=O)N1CCc2ccccc2C1. The van der Waals surface area contributed by atoms with Crippen LogP contribution in [0, 0.1) is 0 Å². The number of aliphatic carboxylic acids is 1. The minimum absolute atomic E-state index is 0.276. The number of benzene rings is 1. The molecule has 0 spiro atoms. The lowest BCUT2D eigenvalue weighted by Gasteiger charge is -2.36. The lowest BCUT2D eigenvalue weighted by atomic mass is 10.0. The number of hydrogen-bond donors (Lipinski definition) is 1. The second-order valence-electron chi connectivity index (χ2n) is 5.69. The number of likely N-dealkylation sites (N-methyl/N-ethyl adjacent to an activating group) is 1. The summed E-state index contributed by atoms with van der Waals surface area (Å²) in [5.41, 5.74) is 0.619. The van der Waals surface area contributed by atoms with Gasteiger partial charge in [-0.2, -0.15) is 17.0 Å². The monoisotopic (exact) mass is 312 g/mol. The zero-order chi connectivity index (χ0) is 15.8. The summed E-state index contributed by atoms with van der Waals surface area (Å²) in [6.45, 7) is 3.40. The van der Waals surface area contributed by atoms with Crippen LogP contribution in [0.25, 0.3) is 0 Å². The highest BCUT2D eigenvalue weighted by Crippen LogP contribution is 2.25. The van der Waals surface area contributed by atoms with Crippen molar-refractivity contribution in [1.29, 1.82) is 0 Å². The topological polar surface area (TPSA) is 77.9 Å². The summed E-state index contributed by atoms with van der Waals surface area (Å²) in [7, 11) is -2.51. The Morgan fingerprint density at radius 3 is 2.43 bits per heavy atom. The molecule has 0 atom stereocenters. The third kappa shape index (κ3) is 2.81. The van der Waals surface area contributed by atoms with Crippen molar-refractivity contribution in [2.45, 2.75) is 32.4 Å². The number of carbonyl (C=O) groups is 1. The van der Waals surface area contributed by atoms with Gasteiger partial charge in [0, 0.05) is 20.1 Å². The van der Waals surface area contributed by atoms with Crippen LogP contribution in [-0.2, 0) is 28.0 Å². The van der Waals surface area contributed by atoms with Crippen molar-refractivity contribution in [1.82, 2.24) is 8.61 Å². The molecule has 0 saturated carbocycles. The molecule has 21 heavy (non-hydrogen) atoms. The van der Waals surface area contributed by atoms with E-state index in [1.165, 1.54) is 25.2 Å². The van der Waals surface area contributed by atoms with Crippen LogP contribution in [0.1, 0.15) is 25.0 Å². The summed E-state index contributed by atoms with van der Waals surface area (Å²) in [6.07, 6.45) is 0.636. The van der Waals surface area contributed by atoms with Crippen molar-refractivity contribution in [3.8, 4) is 0 Å². The standard InChI is InChI=1S/C14H20N2O4S/c1-14(2,13(17)18)15(3)21(19,20)16-9-8-11-6-4-5-7-12(11)10-16/h4-7H,8-10H2,1-3H3,(H,17,18). The second-order valence-corrected chi connectivity index (χ2v) is 7.65. The summed E-state index contributed by atoms with van der Waals surface area (Å²) in [5.74, 6) is -1.18. The first-order chi connectivity index (χ1) is 9.67. The minimum Gasteiger partial charge on any atom is -0.480 e. The average molecular weight is 312 g/mol. The smallest absolute Gasteiger partial charge is 0.324 e. The molecule has 0 radical (unpaired) electrons. The van der Waals surface area contributed by atoms with Crippen LogP contribution in [0.5, 0.6) is 0 Å². The Balaban J connectivity index is 2.28. The molecule has 0 aliphatic carbocycles. The maximum absolute atomic E-state index is 12.6. The minimum atomic E-state index is -3.82. The van der Waals surface area contributed by atoms with E-state index in [0.717, 1.165) is 15.4 Å². The molecule has 1 aliphatic heterocycles. The Morgan fingerprint density at radius 2 is 1.86 bits per heavy atom. The van der Waals surface area contributed by atoms with E-state index in [0.29, 0.717) is 13.0 Å².